The van der Waals surface area contributed by atoms with Crippen LogP contribution < -0.4 is 9.62 Å². The van der Waals surface area contributed by atoms with Gasteiger partial charge in [-0.2, -0.15) is 0 Å². The van der Waals surface area contributed by atoms with Crippen molar-refractivity contribution in [2.75, 3.05) is 16.2 Å². The van der Waals surface area contributed by atoms with E-state index in [1.807, 2.05) is 28.6 Å². The molecule has 3 aromatic carbocycles. The van der Waals surface area contributed by atoms with Crippen LogP contribution in [0.15, 0.2) is 76.1 Å². The number of Topliss-reactive ketones (excluding diaryl/α,β-unsaturated/α-hetero) is 1. The molecule has 28 heavy (non-hydrogen) atoms. The molecule has 4 nitrogen and oxygen atoms in total. The van der Waals surface area contributed by atoms with Crippen molar-refractivity contribution in [3.8, 4) is 11.1 Å². The molecule has 140 valence electrons. The van der Waals surface area contributed by atoms with Gasteiger partial charge in [-0.1, -0.05) is 46.3 Å². The second-order valence-corrected chi connectivity index (χ2v) is 8.45. The van der Waals surface area contributed by atoms with E-state index in [1.54, 1.807) is 36.2 Å². The van der Waals surface area contributed by atoms with Crippen LogP contribution in [0.2, 0.25) is 0 Å². The number of carbonyl (C=O) groups is 2. The predicted octanol–water partition coefficient (Wildman–Crippen LogP) is 5.78. The fraction of sp³-hybridized carbons (Fsp3) is 0.0909. The third kappa shape index (κ3) is 3.84. The molecule has 1 aliphatic heterocycles. The topological polar surface area (TPSA) is 49.4 Å². The number of rotatable bonds is 4. The average Bonchev–Trinajstić information content (AvgIpc) is 2.68. The number of fused-ring (bicyclic) bond motifs is 3. The molecule has 1 heterocycles. The Bertz CT molecular complexity index is 1080. The first kappa shape index (κ1) is 18.8. The van der Waals surface area contributed by atoms with E-state index in [1.165, 1.54) is 6.92 Å². The zero-order valence-corrected chi connectivity index (χ0v) is 17.5. The maximum absolute atomic E-state index is 12.7. The van der Waals surface area contributed by atoms with Crippen LogP contribution in [0.25, 0.3) is 11.1 Å². The van der Waals surface area contributed by atoms with Crippen molar-refractivity contribution in [3.05, 3.63) is 76.8 Å². The number of hydrogen-bond donors (Lipinski definition) is 1. The molecule has 0 aromatic heterocycles. The molecule has 6 heteroatoms. The number of amides is 1. The molecule has 1 amide bonds. The lowest BCUT2D eigenvalue weighted by atomic mass is 10.0. The molecule has 0 atom stereocenters. The quantitative estimate of drug-likeness (QED) is 0.402. The van der Waals surface area contributed by atoms with Crippen LogP contribution in [0.5, 0.6) is 0 Å². The lowest BCUT2D eigenvalue weighted by Gasteiger charge is -2.31. The van der Waals surface area contributed by atoms with Crippen molar-refractivity contribution in [3.63, 3.8) is 0 Å². The van der Waals surface area contributed by atoms with Crippen LogP contribution >= 0.6 is 27.9 Å². The first-order valence-corrected chi connectivity index (χ1v) is 10.3. The summed E-state index contributed by atoms with van der Waals surface area (Å²) in [4.78, 5) is 25.4. The molecule has 1 N–H and O–H groups in total. The number of ketones is 1. The summed E-state index contributed by atoms with van der Waals surface area (Å²) < 4.78 is 2.99. The first-order valence-electron chi connectivity index (χ1n) is 8.76. The molecule has 1 aliphatic rings. The zero-order valence-electron chi connectivity index (χ0n) is 15.1. The van der Waals surface area contributed by atoms with Gasteiger partial charge in [0.25, 0.3) is 0 Å². The fourth-order valence-corrected chi connectivity index (χ4v) is 4.60. The van der Waals surface area contributed by atoms with E-state index in [0.29, 0.717) is 11.3 Å². The maximum Gasteiger partial charge on any atom is 0.244 e. The van der Waals surface area contributed by atoms with Crippen molar-refractivity contribution in [2.24, 2.45) is 0 Å². The van der Waals surface area contributed by atoms with Gasteiger partial charge < -0.3 is 9.62 Å². The van der Waals surface area contributed by atoms with E-state index in [0.717, 1.165) is 26.2 Å². The Morgan fingerprint density at radius 2 is 1.82 bits per heavy atom. The molecule has 0 spiro atoms. The van der Waals surface area contributed by atoms with Gasteiger partial charge in [0, 0.05) is 26.2 Å². The minimum absolute atomic E-state index is 0.0289. The molecular weight excluding hydrogens is 436 g/mol. The fourth-order valence-electron chi connectivity index (χ4n) is 3.14. The van der Waals surface area contributed by atoms with Gasteiger partial charge in [-0.25, -0.2) is 0 Å². The number of benzene rings is 3. The van der Waals surface area contributed by atoms with Crippen LogP contribution in [0.1, 0.15) is 17.3 Å². The summed E-state index contributed by atoms with van der Waals surface area (Å²) in [5.41, 5.74) is 4.45. The minimum Gasteiger partial charge on any atom is -0.324 e. The largest absolute Gasteiger partial charge is 0.324 e. The smallest absolute Gasteiger partial charge is 0.244 e. The number of carbonyl (C=O) groups excluding carboxylic acids is 2. The number of nitrogens with one attached hydrogen (secondary N) is 1. The second kappa shape index (κ2) is 7.81. The molecule has 0 saturated heterocycles. The standard InChI is InChI=1S/C22H17BrN2O2S/c1-14(26)15-5-4-6-17(11-15)24-22(27)13-25-20-10-9-16(23)12-19(20)18-7-2-3-8-21(18)28-25/h2-12H,13H2,1H3,(H,24,27). The molecule has 3 aromatic rings. The van der Waals surface area contributed by atoms with E-state index < -0.39 is 0 Å². The molecule has 4 rings (SSSR count). The SMILES string of the molecule is CC(=O)c1cccc(NC(=O)CN2Sc3ccccc3-c3cc(Br)ccc32)c1. The highest BCUT2D eigenvalue weighted by Crippen LogP contribution is 2.46. The molecule has 0 fully saturated rings. The first-order chi connectivity index (χ1) is 13.5. The Balaban J connectivity index is 1.58. The van der Waals surface area contributed by atoms with Crippen molar-refractivity contribution < 1.29 is 9.59 Å². The summed E-state index contributed by atoms with van der Waals surface area (Å²) in [5.74, 6) is -0.166. The highest BCUT2D eigenvalue weighted by molar-refractivity contribution is 9.10. The van der Waals surface area contributed by atoms with E-state index in [9.17, 15) is 9.59 Å². The molecule has 0 unspecified atom stereocenters. The summed E-state index contributed by atoms with van der Waals surface area (Å²) in [5, 5.41) is 2.90. The highest BCUT2D eigenvalue weighted by atomic mass is 79.9. The van der Waals surface area contributed by atoms with Crippen LogP contribution in [0.4, 0.5) is 11.4 Å². The predicted molar refractivity (Wildman–Crippen MR) is 118 cm³/mol. The normalized spacial score (nSPS) is 12.1. The van der Waals surface area contributed by atoms with Crippen molar-refractivity contribution in [2.45, 2.75) is 11.8 Å². The van der Waals surface area contributed by atoms with E-state index in [-0.39, 0.29) is 18.2 Å². The number of anilines is 2. The summed E-state index contributed by atoms with van der Waals surface area (Å²) in [6, 6.07) is 21.3. The van der Waals surface area contributed by atoms with Gasteiger partial charge in [-0.05, 0) is 60.8 Å². The van der Waals surface area contributed by atoms with Gasteiger partial charge in [0.05, 0.1) is 5.69 Å². The Kier molecular flexibility index (Phi) is 5.24. The van der Waals surface area contributed by atoms with Gasteiger partial charge in [0.2, 0.25) is 5.91 Å². The third-order valence-electron chi connectivity index (χ3n) is 4.45. The Hall–Kier alpha value is -2.57. The summed E-state index contributed by atoms with van der Waals surface area (Å²) in [6.45, 7) is 1.70. The molecule has 0 radical (unpaired) electrons. The van der Waals surface area contributed by atoms with Crippen LogP contribution in [-0.2, 0) is 4.79 Å². The highest BCUT2D eigenvalue weighted by Gasteiger charge is 2.24. The van der Waals surface area contributed by atoms with Gasteiger partial charge >= 0.3 is 0 Å². The van der Waals surface area contributed by atoms with Gasteiger partial charge in [-0.15, -0.1) is 0 Å². The molecular formula is C22H17BrN2O2S. The average molecular weight is 453 g/mol. The lowest BCUT2D eigenvalue weighted by Crippen LogP contribution is -2.30. The number of halogens is 1. The van der Waals surface area contributed by atoms with Gasteiger partial charge in [-0.3, -0.25) is 9.59 Å². The van der Waals surface area contributed by atoms with Crippen LogP contribution in [0.3, 0.4) is 0 Å². The summed E-state index contributed by atoms with van der Waals surface area (Å²) in [7, 11) is 0. The summed E-state index contributed by atoms with van der Waals surface area (Å²) >= 11 is 5.10. The van der Waals surface area contributed by atoms with Crippen molar-refractivity contribution >= 4 is 50.9 Å². The third-order valence-corrected chi connectivity index (χ3v) is 6.05. The molecule has 0 saturated carbocycles. The monoisotopic (exact) mass is 452 g/mol. The van der Waals surface area contributed by atoms with Gasteiger partial charge in [0.15, 0.2) is 5.78 Å². The Labute approximate surface area is 176 Å². The van der Waals surface area contributed by atoms with E-state index in [2.05, 4.69) is 39.4 Å². The van der Waals surface area contributed by atoms with E-state index in [4.69, 9.17) is 0 Å². The Morgan fingerprint density at radius 3 is 2.64 bits per heavy atom. The maximum atomic E-state index is 12.7. The Morgan fingerprint density at radius 1 is 1.00 bits per heavy atom. The second-order valence-electron chi connectivity index (χ2n) is 6.47. The molecule has 0 aliphatic carbocycles. The minimum atomic E-state index is -0.138. The van der Waals surface area contributed by atoms with Crippen molar-refractivity contribution in [1.82, 2.24) is 0 Å². The van der Waals surface area contributed by atoms with Crippen LogP contribution in [0, 0.1) is 0 Å². The van der Waals surface area contributed by atoms with E-state index >= 15 is 0 Å². The van der Waals surface area contributed by atoms with Crippen LogP contribution in [-0.4, -0.2) is 18.2 Å². The van der Waals surface area contributed by atoms with Crippen molar-refractivity contribution in [1.29, 1.82) is 0 Å². The zero-order chi connectivity index (χ0) is 19.7. The van der Waals surface area contributed by atoms with Gasteiger partial charge in [0.1, 0.15) is 6.54 Å². The lowest BCUT2D eigenvalue weighted by molar-refractivity contribution is -0.114. The number of hydrogen-bond acceptors (Lipinski definition) is 4. The molecule has 0 bridgehead atoms. The number of nitrogens with zero attached hydrogens (tertiary/aromatic N) is 1. The summed E-state index contributed by atoms with van der Waals surface area (Å²) in [6.07, 6.45) is 0.